The Morgan fingerprint density at radius 1 is 1.00 bits per heavy atom. The van der Waals surface area contributed by atoms with Gasteiger partial charge in [0.1, 0.15) is 11.5 Å². The van der Waals surface area contributed by atoms with Crippen LogP contribution in [0.1, 0.15) is 21.5 Å². The summed E-state index contributed by atoms with van der Waals surface area (Å²) >= 11 is 14.5. The number of halogens is 2. The lowest BCUT2D eigenvalue weighted by atomic mass is 10.2. The van der Waals surface area contributed by atoms with Crippen molar-refractivity contribution in [2.24, 2.45) is 0 Å². The average molecular weight is 577 g/mol. The number of nitrogens with one attached hydrogen (secondary N) is 3. The Balaban J connectivity index is 1.41. The molecule has 3 rings (SSSR count). The lowest BCUT2D eigenvalue weighted by Gasteiger charge is -2.13. The Hall–Kier alpha value is -3.14. The second-order valence-corrected chi connectivity index (χ2v) is 9.06. The van der Waals surface area contributed by atoms with Crippen molar-refractivity contribution in [1.29, 1.82) is 0 Å². The predicted molar refractivity (Wildman–Crippen MR) is 143 cm³/mol. The third-order valence-electron chi connectivity index (χ3n) is 4.73. The predicted octanol–water partition coefficient (Wildman–Crippen LogP) is 4.75. The van der Waals surface area contributed by atoms with Crippen LogP contribution < -0.4 is 25.6 Å². The third-order valence-corrected chi connectivity index (χ3v) is 5.97. The molecule has 35 heavy (non-hydrogen) atoms. The monoisotopic (exact) mass is 575 g/mol. The Labute approximate surface area is 222 Å². The van der Waals surface area contributed by atoms with Crippen molar-refractivity contribution >= 4 is 56.7 Å². The Morgan fingerprint density at radius 3 is 2.49 bits per heavy atom. The maximum Gasteiger partial charge on any atom is 0.276 e. The van der Waals surface area contributed by atoms with Gasteiger partial charge in [0.2, 0.25) is 0 Å². The molecular formula is C25H23BrClN3O4S. The van der Waals surface area contributed by atoms with Gasteiger partial charge in [-0.05, 0) is 82.6 Å². The van der Waals surface area contributed by atoms with E-state index in [0.29, 0.717) is 33.2 Å². The van der Waals surface area contributed by atoms with Gasteiger partial charge in [-0.2, -0.15) is 0 Å². The molecule has 0 radical (unpaired) electrons. The highest BCUT2D eigenvalue weighted by molar-refractivity contribution is 9.10. The zero-order chi connectivity index (χ0) is 25.2. The molecule has 3 aromatic rings. The van der Waals surface area contributed by atoms with Gasteiger partial charge in [0.05, 0.1) is 11.1 Å². The Kier molecular flexibility index (Phi) is 9.89. The zero-order valence-electron chi connectivity index (χ0n) is 18.8. The van der Waals surface area contributed by atoms with Crippen LogP contribution in [0.5, 0.6) is 11.5 Å². The molecular weight excluding hydrogens is 554 g/mol. The van der Waals surface area contributed by atoms with E-state index >= 15 is 0 Å². The van der Waals surface area contributed by atoms with Gasteiger partial charge in [-0.1, -0.05) is 41.9 Å². The van der Waals surface area contributed by atoms with Crippen molar-refractivity contribution in [3.63, 3.8) is 0 Å². The summed E-state index contributed by atoms with van der Waals surface area (Å²) in [6.45, 7) is 2.09. The fraction of sp³-hybridized carbons (Fsp3) is 0.160. The van der Waals surface area contributed by atoms with Gasteiger partial charge in [0.15, 0.2) is 11.7 Å². The lowest BCUT2D eigenvalue weighted by Crippen LogP contribution is -2.49. The van der Waals surface area contributed by atoms with Crippen LogP contribution in [0.25, 0.3) is 0 Å². The molecule has 182 valence electrons. The SMILES string of the molecule is Cc1cc(OCC(=O)NNC(=S)NC(=O)c2ccc(OCCc3ccccc3)c(Br)c2)ccc1Cl. The lowest BCUT2D eigenvalue weighted by molar-refractivity contribution is -0.123. The number of rotatable bonds is 8. The average Bonchev–Trinajstić information content (AvgIpc) is 2.85. The molecule has 0 aliphatic heterocycles. The molecule has 2 amide bonds. The Morgan fingerprint density at radius 2 is 1.77 bits per heavy atom. The van der Waals surface area contributed by atoms with Crippen molar-refractivity contribution in [1.82, 2.24) is 16.2 Å². The van der Waals surface area contributed by atoms with E-state index < -0.39 is 11.8 Å². The first-order valence-corrected chi connectivity index (χ1v) is 12.1. The van der Waals surface area contributed by atoms with E-state index in [1.54, 1.807) is 36.4 Å². The minimum absolute atomic E-state index is 0.0648. The first-order chi connectivity index (χ1) is 16.8. The molecule has 0 saturated heterocycles. The molecule has 0 heterocycles. The fourth-order valence-corrected chi connectivity index (χ4v) is 3.66. The molecule has 0 aliphatic carbocycles. The number of amides is 2. The van der Waals surface area contributed by atoms with E-state index in [0.717, 1.165) is 12.0 Å². The van der Waals surface area contributed by atoms with Crippen molar-refractivity contribution in [3.05, 3.63) is 92.9 Å². The molecule has 7 nitrogen and oxygen atoms in total. The van der Waals surface area contributed by atoms with Gasteiger partial charge in [0.25, 0.3) is 11.8 Å². The molecule has 0 bridgehead atoms. The third kappa shape index (κ3) is 8.54. The molecule has 0 spiro atoms. The van der Waals surface area contributed by atoms with E-state index in [1.807, 2.05) is 37.3 Å². The number of ether oxygens (including phenoxy) is 2. The first kappa shape index (κ1) is 26.5. The first-order valence-electron chi connectivity index (χ1n) is 10.6. The number of thiocarbonyl (C=S) groups is 1. The Bertz CT molecular complexity index is 1210. The van der Waals surface area contributed by atoms with Crippen LogP contribution in [0.3, 0.4) is 0 Å². The second-order valence-electron chi connectivity index (χ2n) is 7.39. The van der Waals surface area contributed by atoms with Gasteiger partial charge >= 0.3 is 0 Å². The number of benzene rings is 3. The summed E-state index contributed by atoms with van der Waals surface area (Å²) in [5.74, 6) is 0.215. The number of hydrogen-bond donors (Lipinski definition) is 3. The van der Waals surface area contributed by atoms with Crippen molar-refractivity contribution in [2.45, 2.75) is 13.3 Å². The summed E-state index contributed by atoms with van der Waals surface area (Å²) in [6.07, 6.45) is 0.769. The number of hydrazine groups is 1. The number of carbonyl (C=O) groups is 2. The molecule has 0 aliphatic rings. The number of carbonyl (C=O) groups excluding carboxylic acids is 2. The van der Waals surface area contributed by atoms with Gasteiger partial charge < -0.3 is 9.47 Å². The smallest absolute Gasteiger partial charge is 0.276 e. The van der Waals surface area contributed by atoms with Crippen molar-refractivity contribution in [3.8, 4) is 11.5 Å². The fourth-order valence-electron chi connectivity index (χ4n) is 2.91. The number of aryl methyl sites for hydroxylation is 1. The summed E-state index contributed by atoms with van der Waals surface area (Å²) in [4.78, 5) is 24.5. The molecule has 3 aromatic carbocycles. The van der Waals surface area contributed by atoms with Crippen molar-refractivity contribution < 1.29 is 19.1 Å². The topological polar surface area (TPSA) is 88.7 Å². The minimum Gasteiger partial charge on any atom is -0.492 e. The summed E-state index contributed by atoms with van der Waals surface area (Å²) in [5.41, 5.74) is 7.22. The second kappa shape index (κ2) is 13.1. The maximum absolute atomic E-state index is 12.5. The summed E-state index contributed by atoms with van der Waals surface area (Å²) < 4.78 is 11.9. The molecule has 0 aromatic heterocycles. The molecule has 3 N–H and O–H groups in total. The summed E-state index contributed by atoms with van der Waals surface area (Å²) in [5, 5.41) is 3.05. The highest BCUT2D eigenvalue weighted by Gasteiger charge is 2.12. The van der Waals surface area contributed by atoms with E-state index in [4.69, 9.17) is 33.3 Å². The van der Waals surface area contributed by atoms with Gasteiger partial charge in [-0.3, -0.25) is 25.8 Å². The van der Waals surface area contributed by atoms with Gasteiger partial charge in [-0.25, -0.2) is 0 Å². The van der Waals surface area contributed by atoms with E-state index in [1.165, 1.54) is 5.56 Å². The van der Waals surface area contributed by atoms with E-state index in [9.17, 15) is 9.59 Å². The van der Waals surface area contributed by atoms with Crippen LogP contribution >= 0.6 is 39.7 Å². The quantitative estimate of drug-likeness (QED) is 0.265. The van der Waals surface area contributed by atoms with Crippen molar-refractivity contribution in [2.75, 3.05) is 13.2 Å². The molecule has 10 heteroatoms. The largest absolute Gasteiger partial charge is 0.492 e. The van der Waals surface area contributed by atoms with Crippen LogP contribution in [0, 0.1) is 6.92 Å². The summed E-state index contributed by atoms with van der Waals surface area (Å²) in [6, 6.07) is 20.1. The molecule has 0 atom stereocenters. The molecule has 0 saturated carbocycles. The van der Waals surface area contributed by atoms with Crippen LogP contribution in [0.15, 0.2) is 71.2 Å². The molecule has 0 fully saturated rings. The molecule has 0 unspecified atom stereocenters. The van der Waals surface area contributed by atoms with Crippen LogP contribution in [0.2, 0.25) is 5.02 Å². The standard InChI is InChI=1S/C25H23BrClN3O4S/c1-16-13-19(8-9-21(16)27)34-15-23(31)29-30-25(35)28-24(32)18-7-10-22(20(26)14-18)33-12-11-17-5-3-2-4-6-17/h2-10,13-14H,11-12,15H2,1H3,(H,29,31)(H2,28,30,32,35). The van der Waals surface area contributed by atoms with E-state index in [2.05, 4.69) is 32.1 Å². The number of hydrogen-bond acceptors (Lipinski definition) is 5. The summed E-state index contributed by atoms with van der Waals surface area (Å²) in [7, 11) is 0. The van der Waals surface area contributed by atoms with Crippen LogP contribution in [-0.2, 0) is 11.2 Å². The highest BCUT2D eigenvalue weighted by Crippen LogP contribution is 2.26. The minimum atomic E-state index is -0.478. The maximum atomic E-state index is 12.5. The zero-order valence-corrected chi connectivity index (χ0v) is 21.9. The van der Waals surface area contributed by atoms with Gasteiger partial charge in [0, 0.05) is 17.0 Å². The normalized spacial score (nSPS) is 10.3. The highest BCUT2D eigenvalue weighted by atomic mass is 79.9. The van der Waals surface area contributed by atoms with E-state index in [-0.39, 0.29) is 11.7 Å². The van der Waals surface area contributed by atoms with Crippen LogP contribution in [0.4, 0.5) is 0 Å². The van der Waals surface area contributed by atoms with Gasteiger partial charge in [-0.15, -0.1) is 0 Å². The van der Waals surface area contributed by atoms with Crippen LogP contribution in [-0.4, -0.2) is 30.1 Å².